The van der Waals surface area contributed by atoms with Crippen molar-refractivity contribution < 1.29 is 14.7 Å². The zero-order valence-corrected chi connectivity index (χ0v) is 13.2. The molecule has 1 aliphatic rings. The van der Waals surface area contributed by atoms with Gasteiger partial charge in [0.1, 0.15) is 6.04 Å². The molecule has 2 atom stereocenters. The van der Waals surface area contributed by atoms with Crippen LogP contribution < -0.4 is 5.32 Å². The SMILES string of the molecule is CC(CC(=O)NC(C(=O)O)C1CCCCC1)C(C)(C)C. The van der Waals surface area contributed by atoms with Crippen molar-refractivity contribution in [1.82, 2.24) is 5.32 Å². The molecular weight excluding hydrogens is 254 g/mol. The fraction of sp³-hybridized carbons (Fsp3) is 0.875. The molecule has 0 aliphatic heterocycles. The zero-order valence-electron chi connectivity index (χ0n) is 13.2. The summed E-state index contributed by atoms with van der Waals surface area (Å²) in [6.45, 7) is 8.33. The Bertz CT molecular complexity index is 340. The molecule has 2 unspecified atom stereocenters. The first-order valence-electron chi connectivity index (χ1n) is 7.74. The summed E-state index contributed by atoms with van der Waals surface area (Å²) in [5.41, 5.74) is 0.0564. The highest BCUT2D eigenvalue weighted by Crippen LogP contribution is 2.29. The minimum absolute atomic E-state index is 0.0564. The Labute approximate surface area is 122 Å². The number of hydrogen-bond donors (Lipinski definition) is 2. The van der Waals surface area contributed by atoms with Crippen LogP contribution in [-0.4, -0.2) is 23.0 Å². The van der Waals surface area contributed by atoms with Crippen LogP contribution in [0.25, 0.3) is 0 Å². The Morgan fingerprint density at radius 3 is 2.20 bits per heavy atom. The third-order valence-electron chi connectivity index (χ3n) is 4.67. The number of aliphatic carboxylic acids is 1. The topological polar surface area (TPSA) is 66.4 Å². The lowest BCUT2D eigenvalue weighted by Gasteiger charge is -2.30. The van der Waals surface area contributed by atoms with Crippen molar-refractivity contribution in [2.75, 3.05) is 0 Å². The van der Waals surface area contributed by atoms with Crippen LogP contribution in [0, 0.1) is 17.3 Å². The lowest BCUT2D eigenvalue weighted by atomic mass is 9.79. The van der Waals surface area contributed by atoms with Crippen molar-refractivity contribution in [3.8, 4) is 0 Å². The fourth-order valence-corrected chi connectivity index (χ4v) is 2.67. The molecule has 0 saturated heterocycles. The van der Waals surface area contributed by atoms with Gasteiger partial charge in [0.05, 0.1) is 0 Å². The molecule has 2 N–H and O–H groups in total. The Morgan fingerprint density at radius 2 is 1.75 bits per heavy atom. The number of carboxylic acids is 1. The van der Waals surface area contributed by atoms with Crippen molar-refractivity contribution in [3.63, 3.8) is 0 Å². The number of hydrogen-bond acceptors (Lipinski definition) is 2. The minimum atomic E-state index is -0.895. The van der Waals surface area contributed by atoms with Gasteiger partial charge in [-0.05, 0) is 30.1 Å². The molecule has 4 nitrogen and oxygen atoms in total. The molecule has 1 amide bonds. The number of carboxylic acid groups (broad SMARTS) is 1. The van der Waals surface area contributed by atoms with E-state index in [2.05, 4.69) is 26.1 Å². The predicted molar refractivity (Wildman–Crippen MR) is 79.4 cm³/mol. The number of rotatable bonds is 5. The molecule has 1 rings (SSSR count). The smallest absolute Gasteiger partial charge is 0.326 e. The first kappa shape index (κ1) is 17.0. The van der Waals surface area contributed by atoms with Crippen LogP contribution in [0.4, 0.5) is 0 Å². The van der Waals surface area contributed by atoms with Gasteiger partial charge < -0.3 is 10.4 Å². The van der Waals surface area contributed by atoms with Crippen molar-refractivity contribution in [3.05, 3.63) is 0 Å². The standard InChI is InChI=1S/C16H29NO3/c1-11(16(2,3)4)10-13(18)17-14(15(19)20)12-8-6-5-7-9-12/h11-12,14H,5-10H2,1-4H3,(H,17,18)(H,19,20). The minimum Gasteiger partial charge on any atom is -0.480 e. The van der Waals surface area contributed by atoms with Crippen molar-refractivity contribution in [1.29, 1.82) is 0 Å². The van der Waals surface area contributed by atoms with Gasteiger partial charge in [-0.3, -0.25) is 4.79 Å². The molecule has 116 valence electrons. The van der Waals surface area contributed by atoms with Crippen LogP contribution in [0.15, 0.2) is 0 Å². The van der Waals surface area contributed by atoms with Gasteiger partial charge in [-0.25, -0.2) is 4.79 Å². The molecule has 0 radical (unpaired) electrons. The van der Waals surface area contributed by atoms with E-state index in [1.54, 1.807) is 0 Å². The Morgan fingerprint density at radius 1 is 1.20 bits per heavy atom. The Balaban J connectivity index is 2.57. The van der Waals surface area contributed by atoms with E-state index in [-0.39, 0.29) is 23.2 Å². The van der Waals surface area contributed by atoms with Crippen molar-refractivity contribution >= 4 is 11.9 Å². The van der Waals surface area contributed by atoms with Gasteiger partial charge in [-0.15, -0.1) is 0 Å². The van der Waals surface area contributed by atoms with Gasteiger partial charge >= 0.3 is 5.97 Å². The van der Waals surface area contributed by atoms with E-state index >= 15 is 0 Å². The molecular formula is C16H29NO3. The van der Waals surface area contributed by atoms with E-state index in [1.165, 1.54) is 6.42 Å². The van der Waals surface area contributed by atoms with Crippen LogP contribution in [0.3, 0.4) is 0 Å². The molecule has 0 bridgehead atoms. The van der Waals surface area contributed by atoms with Crippen LogP contribution in [0.5, 0.6) is 0 Å². The van der Waals surface area contributed by atoms with Gasteiger partial charge in [-0.2, -0.15) is 0 Å². The molecule has 0 heterocycles. The van der Waals surface area contributed by atoms with E-state index in [0.717, 1.165) is 25.7 Å². The molecule has 1 saturated carbocycles. The maximum absolute atomic E-state index is 12.1. The molecule has 0 aromatic heterocycles. The van der Waals surface area contributed by atoms with Gasteiger partial charge in [0, 0.05) is 6.42 Å². The van der Waals surface area contributed by atoms with E-state index in [0.29, 0.717) is 6.42 Å². The maximum Gasteiger partial charge on any atom is 0.326 e. The number of carbonyl (C=O) groups excluding carboxylic acids is 1. The van der Waals surface area contributed by atoms with Crippen molar-refractivity contribution in [2.24, 2.45) is 17.3 Å². The van der Waals surface area contributed by atoms with Crippen LogP contribution in [0.2, 0.25) is 0 Å². The third kappa shape index (κ3) is 5.14. The van der Waals surface area contributed by atoms with Crippen LogP contribution in [-0.2, 0) is 9.59 Å². The van der Waals surface area contributed by atoms with E-state index in [1.807, 2.05) is 6.92 Å². The summed E-state index contributed by atoms with van der Waals surface area (Å²) in [5, 5.41) is 12.1. The normalized spacial score (nSPS) is 20.2. The summed E-state index contributed by atoms with van der Waals surface area (Å²) >= 11 is 0. The van der Waals surface area contributed by atoms with E-state index < -0.39 is 12.0 Å². The zero-order chi connectivity index (χ0) is 15.3. The lowest BCUT2D eigenvalue weighted by Crippen LogP contribution is -2.47. The second-order valence-corrected chi connectivity index (χ2v) is 7.25. The van der Waals surface area contributed by atoms with Crippen LogP contribution >= 0.6 is 0 Å². The second kappa shape index (κ2) is 7.09. The highest BCUT2D eigenvalue weighted by Gasteiger charge is 2.31. The molecule has 0 spiro atoms. The lowest BCUT2D eigenvalue weighted by molar-refractivity contribution is -0.144. The van der Waals surface area contributed by atoms with Gasteiger partial charge in [-0.1, -0.05) is 47.0 Å². The largest absolute Gasteiger partial charge is 0.480 e. The molecule has 1 fully saturated rings. The summed E-state index contributed by atoms with van der Waals surface area (Å²) in [6.07, 6.45) is 5.53. The predicted octanol–water partition coefficient (Wildman–Crippen LogP) is 3.21. The molecule has 20 heavy (non-hydrogen) atoms. The first-order valence-corrected chi connectivity index (χ1v) is 7.74. The van der Waals surface area contributed by atoms with Crippen LogP contribution in [0.1, 0.15) is 66.2 Å². The quantitative estimate of drug-likeness (QED) is 0.814. The summed E-state index contributed by atoms with van der Waals surface area (Å²) < 4.78 is 0. The monoisotopic (exact) mass is 283 g/mol. The third-order valence-corrected chi connectivity index (χ3v) is 4.67. The Hall–Kier alpha value is -1.06. The van der Waals surface area contributed by atoms with E-state index in [9.17, 15) is 14.7 Å². The summed E-state index contributed by atoms with van der Waals surface area (Å²) in [4.78, 5) is 23.5. The molecule has 4 heteroatoms. The van der Waals surface area contributed by atoms with Gasteiger partial charge in [0.2, 0.25) is 5.91 Å². The van der Waals surface area contributed by atoms with Crippen molar-refractivity contribution in [2.45, 2.75) is 72.3 Å². The average molecular weight is 283 g/mol. The average Bonchev–Trinajstić information content (AvgIpc) is 2.35. The highest BCUT2D eigenvalue weighted by molar-refractivity contribution is 5.83. The van der Waals surface area contributed by atoms with E-state index in [4.69, 9.17) is 0 Å². The fourth-order valence-electron chi connectivity index (χ4n) is 2.67. The first-order chi connectivity index (χ1) is 9.21. The second-order valence-electron chi connectivity index (χ2n) is 7.25. The molecule has 0 aromatic rings. The van der Waals surface area contributed by atoms with Gasteiger partial charge in [0.15, 0.2) is 0 Å². The van der Waals surface area contributed by atoms with Gasteiger partial charge in [0.25, 0.3) is 0 Å². The summed E-state index contributed by atoms with van der Waals surface area (Å²) in [7, 11) is 0. The summed E-state index contributed by atoms with van der Waals surface area (Å²) in [6, 6.07) is -0.713. The molecule has 0 aromatic carbocycles. The highest BCUT2D eigenvalue weighted by atomic mass is 16.4. The Kier molecular flexibility index (Phi) is 6.03. The maximum atomic E-state index is 12.1. The number of nitrogens with one attached hydrogen (secondary N) is 1. The number of carbonyl (C=O) groups is 2. The summed E-state index contributed by atoms with van der Waals surface area (Å²) in [5.74, 6) is -0.711. The number of amides is 1. The molecule has 1 aliphatic carbocycles.